The maximum absolute atomic E-state index is 12.7. The fourth-order valence-electron chi connectivity index (χ4n) is 3.37. The van der Waals surface area contributed by atoms with Gasteiger partial charge in [0.1, 0.15) is 19.0 Å². The number of aromatic nitrogens is 1. The van der Waals surface area contributed by atoms with E-state index in [1.165, 1.54) is 12.1 Å². The first kappa shape index (κ1) is 24.8. The molecule has 0 atom stereocenters. The molecule has 0 aliphatic rings. The highest BCUT2D eigenvalue weighted by atomic mass is 19.4. The van der Waals surface area contributed by atoms with Crippen molar-refractivity contribution < 1.29 is 32.2 Å². The number of rotatable bonds is 10. The van der Waals surface area contributed by atoms with Gasteiger partial charge in [0.2, 0.25) is 11.8 Å². The molecule has 5 nitrogen and oxygen atoms in total. The summed E-state index contributed by atoms with van der Waals surface area (Å²) in [6.45, 7) is -0.999. The first-order valence-corrected chi connectivity index (χ1v) is 11.0. The highest BCUT2D eigenvalue weighted by Gasteiger charge is 2.29. The molecule has 0 amide bonds. The summed E-state index contributed by atoms with van der Waals surface area (Å²) in [5.41, 5.74) is 2.86. The zero-order valence-electron chi connectivity index (χ0n) is 19.1. The molecule has 4 aromatic rings. The molecule has 1 aromatic heterocycles. The number of nitrogens with zero attached hydrogens (tertiary/aromatic N) is 1. The average Bonchev–Trinajstić information content (AvgIpc) is 2.90. The summed E-state index contributed by atoms with van der Waals surface area (Å²) in [5.74, 6) is 0.368. The largest absolute Gasteiger partial charge is 0.483 e. The Morgan fingerprint density at radius 3 is 2.00 bits per heavy atom. The van der Waals surface area contributed by atoms with Gasteiger partial charge in [-0.05, 0) is 34.9 Å². The maximum Gasteiger partial charge on any atom is 0.422 e. The van der Waals surface area contributed by atoms with Crippen LogP contribution in [-0.2, 0) is 13.2 Å². The van der Waals surface area contributed by atoms with Gasteiger partial charge in [0, 0.05) is 11.6 Å². The number of aldehydes is 1. The van der Waals surface area contributed by atoms with E-state index in [1.807, 2.05) is 60.7 Å². The zero-order chi connectivity index (χ0) is 25.4. The summed E-state index contributed by atoms with van der Waals surface area (Å²) in [7, 11) is 0. The van der Waals surface area contributed by atoms with Crippen molar-refractivity contribution in [3.63, 3.8) is 0 Å². The molecule has 0 fully saturated rings. The number of alkyl halides is 3. The van der Waals surface area contributed by atoms with Crippen LogP contribution in [0.4, 0.5) is 13.2 Å². The molecule has 0 aliphatic heterocycles. The lowest BCUT2D eigenvalue weighted by molar-refractivity contribution is -0.153. The Hall–Kier alpha value is -4.33. The zero-order valence-corrected chi connectivity index (χ0v) is 19.1. The van der Waals surface area contributed by atoms with Gasteiger partial charge in [-0.15, -0.1) is 0 Å². The van der Waals surface area contributed by atoms with Crippen LogP contribution in [-0.4, -0.2) is 24.1 Å². The maximum atomic E-state index is 12.7. The normalized spacial score (nSPS) is 11.1. The predicted molar refractivity (Wildman–Crippen MR) is 128 cm³/mol. The van der Waals surface area contributed by atoms with Gasteiger partial charge in [-0.2, -0.15) is 18.2 Å². The molecule has 0 aliphatic carbocycles. The van der Waals surface area contributed by atoms with Gasteiger partial charge in [-0.25, -0.2) is 0 Å². The lowest BCUT2D eigenvalue weighted by Gasteiger charge is -2.15. The van der Waals surface area contributed by atoms with Crippen LogP contribution in [0.25, 0.3) is 11.1 Å². The quantitative estimate of drug-likeness (QED) is 0.231. The highest BCUT2D eigenvalue weighted by molar-refractivity contribution is 5.82. The molecule has 0 spiro atoms. The molecule has 0 saturated carbocycles. The van der Waals surface area contributed by atoms with E-state index in [0.29, 0.717) is 29.9 Å². The molecule has 0 unspecified atom stereocenters. The van der Waals surface area contributed by atoms with Gasteiger partial charge in [-0.3, -0.25) is 4.79 Å². The van der Waals surface area contributed by atoms with Gasteiger partial charge in [0.25, 0.3) is 0 Å². The Balaban J connectivity index is 1.64. The number of carbonyl (C=O) groups is 1. The smallest absolute Gasteiger partial charge is 0.422 e. The topological polar surface area (TPSA) is 57.7 Å². The fourth-order valence-corrected chi connectivity index (χ4v) is 3.37. The Bertz CT molecular complexity index is 1300. The molecule has 36 heavy (non-hydrogen) atoms. The number of hydrogen-bond donors (Lipinski definition) is 0. The second-order valence-corrected chi connectivity index (χ2v) is 7.83. The number of pyridine rings is 1. The van der Waals surface area contributed by atoms with Crippen LogP contribution < -0.4 is 14.2 Å². The molecule has 0 saturated heterocycles. The fraction of sp³-hybridized carbons (Fsp3) is 0.143. The van der Waals surface area contributed by atoms with Crippen LogP contribution in [0.15, 0.2) is 91.0 Å². The summed E-state index contributed by atoms with van der Waals surface area (Å²) >= 11 is 0. The Morgan fingerprint density at radius 1 is 0.750 bits per heavy atom. The minimum Gasteiger partial charge on any atom is -0.483 e. The van der Waals surface area contributed by atoms with E-state index in [2.05, 4.69) is 4.98 Å². The van der Waals surface area contributed by atoms with Gasteiger partial charge in [-0.1, -0.05) is 66.7 Å². The summed E-state index contributed by atoms with van der Waals surface area (Å²) in [4.78, 5) is 15.8. The van der Waals surface area contributed by atoms with Crippen molar-refractivity contribution in [1.29, 1.82) is 0 Å². The summed E-state index contributed by atoms with van der Waals surface area (Å²) in [5, 5.41) is 0. The summed E-state index contributed by atoms with van der Waals surface area (Å²) < 4.78 is 54.8. The number of benzene rings is 3. The first-order valence-electron chi connectivity index (χ1n) is 11.0. The van der Waals surface area contributed by atoms with E-state index in [0.717, 1.165) is 11.1 Å². The molecule has 0 radical (unpaired) electrons. The number of hydrogen-bond acceptors (Lipinski definition) is 5. The van der Waals surface area contributed by atoms with Crippen molar-refractivity contribution in [3.8, 4) is 28.6 Å². The van der Waals surface area contributed by atoms with Crippen LogP contribution in [0.3, 0.4) is 0 Å². The van der Waals surface area contributed by atoms with E-state index in [4.69, 9.17) is 14.2 Å². The second-order valence-electron chi connectivity index (χ2n) is 7.83. The van der Waals surface area contributed by atoms with Crippen molar-refractivity contribution in [1.82, 2.24) is 4.98 Å². The molecule has 8 heteroatoms. The van der Waals surface area contributed by atoms with E-state index in [1.54, 1.807) is 18.2 Å². The van der Waals surface area contributed by atoms with Crippen molar-refractivity contribution in [3.05, 3.63) is 108 Å². The van der Waals surface area contributed by atoms with Gasteiger partial charge in [0.15, 0.2) is 12.9 Å². The Labute approximate surface area is 206 Å². The molecule has 1 heterocycles. The molecule has 4 rings (SSSR count). The van der Waals surface area contributed by atoms with Crippen molar-refractivity contribution in [2.45, 2.75) is 19.4 Å². The third-order valence-electron chi connectivity index (χ3n) is 5.13. The number of ether oxygens (including phenoxy) is 3. The second kappa shape index (κ2) is 11.4. The van der Waals surface area contributed by atoms with E-state index < -0.39 is 12.8 Å². The predicted octanol–water partition coefficient (Wildman–Crippen LogP) is 6.66. The van der Waals surface area contributed by atoms with E-state index >= 15 is 0 Å². The minimum absolute atomic E-state index is 0.00512. The molecule has 3 aromatic carbocycles. The summed E-state index contributed by atoms with van der Waals surface area (Å²) in [6.07, 6.45) is -4.10. The van der Waals surface area contributed by atoms with Crippen LogP contribution in [0.2, 0.25) is 0 Å². The Morgan fingerprint density at radius 2 is 1.39 bits per heavy atom. The number of halogens is 3. The highest BCUT2D eigenvalue weighted by Crippen LogP contribution is 2.35. The van der Waals surface area contributed by atoms with E-state index in [-0.39, 0.29) is 23.8 Å². The van der Waals surface area contributed by atoms with Crippen LogP contribution in [0, 0.1) is 0 Å². The summed E-state index contributed by atoms with van der Waals surface area (Å²) in [6, 6.07) is 26.8. The van der Waals surface area contributed by atoms with E-state index in [9.17, 15) is 18.0 Å². The minimum atomic E-state index is -4.54. The van der Waals surface area contributed by atoms with Crippen molar-refractivity contribution in [2.24, 2.45) is 0 Å². The SMILES string of the molecule is O=Cc1ccc(-c2ccc(OCc3ccccc3)nc2OCc2ccccc2)cc1OCC(F)(F)F. The average molecular weight is 493 g/mol. The molecule has 0 N–H and O–H groups in total. The third-order valence-corrected chi connectivity index (χ3v) is 5.13. The van der Waals surface area contributed by atoms with Crippen LogP contribution >= 0.6 is 0 Å². The van der Waals surface area contributed by atoms with Gasteiger partial charge >= 0.3 is 6.18 Å². The standard InChI is InChI=1S/C28H22F3NO4/c29-28(30,31)19-36-25-15-22(11-12-23(25)16-33)24-13-14-26(34-17-20-7-3-1-4-8-20)32-27(24)35-18-21-9-5-2-6-10-21/h1-16H,17-19H2. The molecule has 184 valence electrons. The first-order chi connectivity index (χ1) is 17.4. The lowest BCUT2D eigenvalue weighted by atomic mass is 10.0. The Kier molecular flexibility index (Phi) is 7.85. The lowest BCUT2D eigenvalue weighted by Crippen LogP contribution is -2.19. The molecular formula is C28H22F3NO4. The number of carbonyl (C=O) groups excluding carboxylic acids is 1. The van der Waals surface area contributed by atoms with Crippen molar-refractivity contribution in [2.75, 3.05) is 6.61 Å². The third kappa shape index (κ3) is 6.85. The van der Waals surface area contributed by atoms with Crippen LogP contribution in [0.5, 0.6) is 17.5 Å². The van der Waals surface area contributed by atoms with Crippen molar-refractivity contribution >= 4 is 6.29 Å². The monoisotopic (exact) mass is 493 g/mol. The van der Waals surface area contributed by atoms with Crippen LogP contribution in [0.1, 0.15) is 21.5 Å². The van der Waals surface area contributed by atoms with Gasteiger partial charge in [0.05, 0.1) is 5.56 Å². The molecular weight excluding hydrogens is 471 g/mol. The van der Waals surface area contributed by atoms with Gasteiger partial charge < -0.3 is 14.2 Å². The molecule has 0 bridgehead atoms.